The Balaban J connectivity index is 2.52. The maximum absolute atomic E-state index is 5.48. The number of rotatable bonds is 3. The molecule has 1 rings (SSSR count). The Morgan fingerprint density at radius 1 is 1.25 bits per heavy atom. The van der Waals surface area contributed by atoms with Gasteiger partial charge in [-0.3, -0.25) is 0 Å². The second kappa shape index (κ2) is 4.74. The molecule has 1 heterocycles. The highest BCUT2D eigenvalue weighted by molar-refractivity contribution is 4.82. The molecule has 4 N–H and O–H groups in total. The van der Waals surface area contributed by atoms with Crippen molar-refractivity contribution in [1.29, 1.82) is 0 Å². The average Bonchev–Trinajstić information content (AvgIpc) is 2.16. The highest BCUT2D eigenvalue weighted by Crippen LogP contribution is 2.15. The van der Waals surface area contributed by atoms with Gasteiger partial charge in [-0.25, -0.2) is 0 Å². The van der Waals surface area contributed by atoms with E-state index in [0.717, 1.165) is 0 Å². The molecule has 0 amide bonds. The molecule has 0 spiro atoms. The summed E-state index contributed by atoms with van der Waals surface area (Å²) in [6.07, 6.45) is -0.344. The van der Waals surface area contributed by atoms with Crippen LogP contribution in [-0.2, 0) is 14.2 Å². The highest BCUT2D eigenvalue weighted by atomic mass is 16.7. The third-order valence-corrected chi connectivity index (χ3v) is 2.03. The van der Waals surface area contributed by atoms with Crippen LogP contribution in [0.1, 0.15) is 0 Å². The lowest BCUT2D eigenvalue weighted by molar-refractivity contribution is -0.231. The minimum absolute atomic E-state index is 0.0997. The summed E-state index contributed by atoms with van der Waals surface area (Å²) in [5.41, 5.74) is 11.0. The summed E-state index contributed by atoms with van der Waals surface area (Å²) in [6, 6.07) is 0. The molecule has 1 aliphatic rings. The highest BCUT2D eigenvalue weighted by Gasteiger charge is 2.33. The van der Waals surface area contributed by atoms with Crippen LogP contribution in [0.15, 0.2) is 0 Å². The van der Waals surface area contributed by atoms with E-state index in [4.69, 9.17) is 25.7 Å². The molecule has 0 aromatic heterocycles. The van der Waals surface area contributed by atoms with Crippen molar-refractivity contribution in [3.05, 3.63) is 0 Å². The van der Waals surface area contributed by atoms with Crippen molar-refractivity contribution >= 4 is 0 Å². The maximum Gasteiger partial charge on any atom is 0.147 e. The molecule has 1 saturated heterocycles. The van der Waals surface area contributed by atoms with Gasteiger partial charge in [0.25, 0.3) is 0 Å². The minimum atomic E-state index is -0.145. The molecule has 0 aliphatic carbocycles. The van der Waals surface area contributed by atoms with Gasteiger partial charge in [-0.15, -0.1) is 0 Å². The van der Waals surface area contributed by atoms with E-state index in [1.54, 1.807) is 7.11 Å². The summed E-state index contributed by atoms with van der Waals surface area (Å²) < 4.78 is 15.7. The third kappa shape index (κ3) is 1.94. The standard InChI is InChI=1S/C7H16N2O3/c1-10-7-5(2-8)11-4-12-6(7)3-9/h5-7H,2-4,8-9H2,1H3. The second-order valence-electron chi connectivity index (χ2n) is 2.70. The van der Waals surface area contributed by atoms with Gasteiger partial charge < -0.3 is 25.7 Å². The molecule has 0 aromatic rings. The van der Waals surface area contributed by atoms with E-state index in [1.807, 2.05) is 0 Å². The summed E-state index contributed by atoms with van der Waals surface area (Å²) in [4.78, 5) is 0. The molecule has 2 atom stereocenters. The van der Waals surface area contributed by atoms with Crippen molar-refractivity contribution in [2.45, 2.75) is 18.3 Å². The van der Waals surface area contributed by atoms with Gasteiger partial charge in [0.15, 0.2) is 0 Å². The van der Waals surface area contributed by atoms with Gasteiger partial charge >= 0.3 is 0 Å². The lowest BCUT2D eigenvalue weighted by Crippen LogP contribution is -2.53. The predicted molar refractivity (Wildman–Crippen MR) is 43.5 cm³/mol. The molecule has 72 valence electrons. The van der Waals surface area contributed by atoms with Crippen LogP contribution in [0.3, 0.4) is 0 Å². The normalized spacial score (nSPS) is 36.8. The van der Waals surface area contributed by atoms with Crippen LogP contribution >= 0.6 is 0 Å². The number of nitrogens with two attached hydrogens (primary N) is 2. The Bertz CT molecular complexity index is 122. The van der Waals surface area contributed by atoms with Crippen molar-refractivity contribution in [2.75, 3.05) is 27.0 Å². The summed E-state index contributed by atoms with van der Waals surface area (Å²) in [5, 5.41) is 0. The molecular formula is C7H16N2O3. The Hall–Kier alpha value is -0.200. The van der Waals surface area contributed by atoms with Crippen molar-refractivity contribution in [2.24, 2.45) is 11.5 Å². The van der Waals surface area contributed by atoms with E-state index in [2.05, 4.69) is 0 Å². The van der Waals surface area contributed by atoms with E-state index in [1.165, 1.54) is 0 Å². The van der Waals surface area contributed by atoms with Crippen LogP contribution in [0.2, 0.25) is 0 Å². The van der Waals surface area contributed by atoms with Gasteiger partial charge in [0.1, 0.15) is 25.1 Å². The Morgan fingerprint density at radius 2 is 1.75 bits per heavy atom. The molecule has 1 aliphatic heterocycles. The molecule has 2 unspecified atom stereocenters. The fourth-order valence-electron chi connectivity index (χ4n) is 1.35. The zero-order chi connectivity index (χ0) is 8.97. The number of hydrogen-bond donors (Lipinski definition) is 2. The molecule has 0 bridgehead atoms. The maximum atomic E-state index is 5.48. The second-order valence-corrected chi connectivity index (χ2v) is 2.70. The van der Waals surface area contributed by atoms with Gasteiger partial charge in [-0.05, 0) is 0 Å². The van der Waals surface area contributed by atoms with Crippen LogP contribution in [0.4, 0.5) is 0 Å². The van der Waals surface area contributed by atoms with E-state index in [-0.39, 0.29) is 25.1 Å². The fraction of sp³-hybridized carbons (Fsp3) is 1.00. The summed E-state index contributed by atoms with van der Waals surface area (Å²) in [7, 11) is 1.61. The summed E-state index contributed by atoms with van der Waals surface area (Å²) in [5.74, 6) is 0. The first-order valence-corrected chi connectivity index (χ1v) is 3.99. The average molecular weight is 176 g/mol. The quantitative estimate of drug-likeness (QED) is 0.556. The molecular weight excluding hydrogens is 160 g/mol. The number of ether oxygens (including phenoxy) is 3. The zero-order valence-electron chi connectivity index (χ0n) is 7.23. The van der Waals surface area contributed by atoms with Crippen LogP contribution < -0.4 is 11.5 Å². The van der Waals surface area contributed by atoms with Crippen molar-refractivity contribution in [3.8, 4) is 0 Å². The van der Waals surface area contributed by atoms with Gasteiger partial charge in [-0.1, -0.05) is 0 Å². The van der Waals surface area contributed by atoms with Crippen LogP contribution in [-0.4, -0.2) is 45.3 Å². The van der Waals surface area contributed by atoms with Crippen molar-refractivity contribution in [3.63, 3.8) is 0 Å². The van der Waals surface area contributed by atoms with Gasteiger partial charge in [-0.2, -0.15) is 0 Å². The first-order chi connectivity index (χ1) is 5.83. The zero-order valence-corrected chi connectivity index (χ0v) is 7.23. The topological polar surface area (TPSA) is 79.7 Å². The van der Waals surface area contributed by atoms with Gasteiger partial charge in [0.2, 0.25) is 0 Å². The largest absolute Gasteiger partial charge is 0.376 e. The lowest BCUT2D eigenvalue weighted by atomic mass is 10.1. The van der Waals surface area contributed by atoms with Gasteiger partial charge in [0.05, 0.1) is 0 Å². The first-order valence-electron chi connectivity index (χ1n) is 3.99. The Kier molecular flexibility index (Phi) is 3.90. The van der Waals surface area contributed by atoms with E-state index >= 15 is 0 Å². The lowest BCUT2D eigenvalue weighted by Gasteiger charge is -2.35. The molecule has 5 nitrogen and oxygen atoms in total. The van der Waals surface area contributed by atoms with E-state index in [0.29, 0.717) is 13.1 Å². The predicted octanol–water partition coefficient (Wildman–Crippen LogP) is -1.34. The van der Waals surface area contributed by atoms with E-state index in [9.17, 15) is 0 Å². The summed E-state index contributed by atoms with van der Waals surface area (Å²) in [6.45, 7) is 1.11. The summed E-state index contributed by atoms with van der Waals surface area (Å²) >= 11 is 0. The Labute approximate surface area is 71.9 Å². The Morgan fingerprint density at radius 3 is 2.08 bits per heavy atom. The van der Waals surface area contributed by atoms with Crippen LogP contribution in [0.25, 0.3) is 0 Å². The first kappa shape index (κ1) is 9.88. The van der Waals surface area contributed by atoms with Crippen LogP contribution in [0.5, 0.6) is 0 Å². The van der Waals surface area contributed by atoms with Crippen molar-refractivity contribution in [1.82, 2.24) is 0 Å². The minimum Gasteiger partial charge on any atom is -0.376 e. The molecule has 5 heteroatoms. The smallest absolute Gasteiger partial charge is 0.147 e. The molecule has 12 heavy (non-hydrogen) atoms. The molecule has 0 radical (unpaired) electrons. The van der Waals surface area contributed by atoms with Crippen LogP contribution in [0, 0.1) is 0 Å². The van der Waals surface area contributed by atoms with E-state index < -0.39 is 0 Å². The fourth-order valence-corrected chi connectivity index (χ4v) is 1.35. The number of hydrogen-bond acceptors (Lipinski definition) is 5. The van der Waals surface area contributed by atoms with Gasteiger partial charge in [0, 0.05) is 20.2 Å². The molecule has 0 aromatic carbocycles. The number of methoxy groups -OCH3 is 1. The molecule has 0 saturated carbocycles. The SMILES string of the molecule is COC1C(CN)OCOC1CN. The molecule has 1 fully saturated rings. The third-order valence-electron chi connectivity index (χ3n) is 2.03. The monoisotopic (exact) mass is 176 g/mol. The van der Waals surface area contributed by atoms with Crippen molar-refractivity contribution < 1.29 is 14.2 Å².